The number of phosphoric ester groups is 1. The van der Waals surface area contributed by atoms with Crippen molar-refractivity contribution in [3.8, 4) is 23.0 Å². The van der Waals surface area contributed by atoms with Crippen LogP contribution >= 0.6 is 7.82 Å². The number of rotatable bonds is 6. The third kappa shape index (κ3) is 6.75. The molecule has 0 aliphatic rings. The van der Waals surface area contributed by atoms with E-state index in [1.807, 2.05) is 30.3 Å². The van der Waals surface area contributed by atoms with Gasteiger partial charge in [0.25, 0.3) is 5.56 Å². The second kappa shape index (κ2) is 13.4. The van der Waals surface area contributed by atoms with Gasteiger partial charge in [0.05, 0.1) is 52.6 Å². The fraction of sp³-hybridized carbons (Fsp3) is 0.133. The van der Waals surface area contributed by atoms with Gasteiger partial charge in [-0.25, -0.2) is 14.3 Å². The number of benzene rings is 2. The van der Waals surface area contributed by atoms with E-state index >= 15 is 0 Å². The summed E-state index contributed by atoms with van der Waals surface area (Å²) in [7, 11) is -5.52. The molecule has 15 heteroatoms. The summed E-state index contributed by atoms with van der Waals surface area (Å²) in [5.41, 5.74) is 1.01. The molecule has 12 nitrogen and oxygen atoms in total. The van der Waals surface area contributed by atoms with E-state index in [-0.39, 0.29) is 75.5 Å². The molecule has 2 aromatic carbocycles. The number of para-hydroxylation sites is 1. The second-order valence-corrected chi connectivity index (χ2v) is 11.5. The summed E-state index contributed by atoms with van der Waals surface area (Å²) in [4.78, 5) is 63.4. The van der Waals surface area contributed by atoms with Crippen molar-refractivity contribution in [3.05, 3.63) is 106 Å². The summed E-state index contributed by atoms with van der Waals surface area (Å²) in [6.07, 6.45) is 2.93. The first-order valence-electron chi connectivity index (χ1n) is 13.0. The van der Waals surface area contributed by atoms with Crippen molar-refractivity contribution in [2.45, 2.75) is 26.0 Å². The summed E-state index contributed by atoms with van der Waals surface area (Å²) >= 11 is 0. The fourth-order valence-corrected chi connectivity index (χ4v) is 5.09. The van der Waals surface area contributed by atoms with E-state index in [4.69, 9.17) is 4.98 Å². The molecule has 0 atom stereocenters. The van der Waals surface area contributed by atoms with E-state index in [0.717, 1.165) is 10.9 Å². The Morgan fingerprint density at radius 1 is 0.956 bits per heavy atom. The molecule has 6 rings (SSSR count). The summed E-state index contributed by atoms with van der Waals surface area (Å²) < 4.78 is 17.2. The monoisotopic (exact) mass is 638 g/mol. The Labute approximate surface area is 300 Å². The summed E-state index contributed by atoms with van der Waals surface area (Å²) in [6.45, 7) is 2.38. The maximum atomic E-state index is 13.8. The minimum absolute atomic E-state index is 0. The van der Waals surface area contributed by atoms with Crippen molar-refractivity contribution >= 4 is 40.7 Å². The van der Waals surface area contributed by atoms with Crippen LogP contribution in [0.1, 0.15) is 19.4 Å². The maximum absolute atomic E-state index is 13.8. The van der Waals surface area contributed by atoms with Crippen LogP contribution in [0.25, 0.3) is 49.8 Å². The molecule has 4 heterocycles. The fourth-order valence-electron chi connectivity index (χ4n) is 4.83. The second-order valence-electron chi connectivity index (χ2n) is 10.3. The van der Waals surface area contributed by atoms with E-state index in [0.29, 0.717) is 32.6 Å². The minimum atomic E-state index is -5.52. The Morgan fingerprint density at radius 2 is 1.64 bits per heavy atom. The van der Waals surface area contributed by atoms with E-state index in [1.165, 1.54) is 10.8 Å². The number of phosphoric acid groups is 1. The zero-order valence-electron chi connectivity index (χ0n) is 24.8. The molecule has 0 saturated carbocycles. The van der Waals surface area contributed by atoms with E-state index < -0.39 is 31.2 Å². The van der Waals surface area contributed by atoms with E-state index in [2.05, 4.69) is 20.6 Å². The Balaban J connectivity index is 0.00000230. The van der Waals surface area contributed by atoms with Gasteiger partial charge in [0.2, 0.25) is 0 Å². The van der Waals surface area contributed by atoms with Crippen LogP contribution in [0.2, 0.25) is 0 Å². The van der Waals surface area contributed by atoms with Gasteiger partial charge in [0.15, 0.2) is 0 Å². The minimum Gasteiger partial charge on any atom is -0.790 e. The van der Waals surface area contributed by atoms with Crippen LogP contribution in [0.3, 0.4) is 0 Å². The van der Waals surface area contributed by atoms with Crippen LogP contribution in [0, 0.1) is 11.3 Å². The Hall–Kier alpha value is -3.05. The third-order valence-electron chi connectivity index (χ3n) is 7.17. The number of aromatic nitrogens is 5. The van der Waals surface area contributed by atoms with E-state index in [1.54, 1.807) is 56.4 Å². The van der Waals surface area contributed by atoms with Crippen molar-refractivity contribution in [1.29, 1.82) is 5.26 Å². The van der Waals surface area contributed by atoms with Gasteiger partial charge in [-0.2, -0.15) is 5.26 Å². The van der Waals surface area contributed by atoms with Crippen LogP contribution in [-0.4, -0.2) is 24.1 Å². The smallest absolute Gasteiger partial charge is 0.790 e. The topological polar surface area (TPSA) is 179 Å². The Bertz CT molecular complexity index is 2300. The molecule has 0 bridgehead atoms. The molecule has 0 unspecified atom stereocenters. The van der Waals surface area contributed by atoms with E-state index in [9.17, 15) is 29.2 Å². The summed E-state index contributed by atoms with van der Waals surface area (Å²) in [5, 5.41) is 10.4. The number of hydrogen-bond acceptors (Lipinski definition) is 10. The average Bonchev–Trinajstić information content (AvgIpc) is 3.00. The summed E-state index contributed by atoms with van der Waals surface area (Å²) in [5.74, 6) is 0. The third-order valence-corrected chi connectivity index (χ3v) is 7.60. The molecule has 0 saturated heterocycles. The first-order chi connectivity index (χ1) is 20.5. The van der Waals surface area contributed by atoms with Crippen LogP contribution in [0.15, 0.2) is 88.7 Å². The van der Waals surface area contributed by atoms with Crippen LogP contribution in [-0.2, 0) is 21.2 Å². The number of nitriles is 1. The number of pyridine rings is 3. The Kier molecular flexibility index (Phi) is 10.3. The molecular formula is C30H21N6Na2O6P. The van der Waals surface area contributed by atoms with Crippen LogP contribution in [0.4, 0.5) is 0 Å². The van der Waals surface area contributed by atoms with Crippen molar-refractivity contribution in [2.24, 2.45) is 0 Å². The van der Waals surface area contributed by atoms with Gasteiger partial charge in [-0.1, -0.05) is 30.3 Å². The predicted octanol–water partition coefficient (Wildman–Crippen LogP) is -3.08. The number of nitrogens with zero attached hydrogens (tertiary/aromatic N) is 6. The molecular weight excluding hydrogens is 617 g/mol. The molecule has 4 aromatic heterocycles. The van der Waals surface area contributed by atoms with Gasteiger partial charge in [-0.3, -0.25) is 19.3 Å². The van der Waals surface area contributed by atoms with Gasteiger partial charge in [0.1, 0.15) is 12.2 Å². The first-order valence-corrected chi connectivity index (χ1v) is 14.4. The largest absolute Gasteiger partial charge is 1.00 e. The van der Waals surface area contributed by atoms with Gasteiger partial charge in [-0.05, 0) is 55.8 Å². The predicted molar refractivity (Wildman–Crippen MR) is 155 cm³/mol. The van der Waals surface area contributed by atoms with Crippen LogP contribution in [0.5, 0.6) is 0 Å². The molecule has 0 aliphatic carbocycles. The van der Waals surface area contributed by atoms with Crippen molar-refractivity contribution in [3.63, 3.8) is 0 Å². The van der Waals surface area contributed by atoms with Gasteiger partial charge in [-0.15, -0.1) is 0 Å². The molecule has 0 aliphatic heterocycles. The molecule has 45 heavy (non-hydrogen) atoms. The normalized spacial score (nSPS) is 11.6. The molecule has 6 aromatic rings. The molecule has 0 amide bonds. The zero-order chi connectivity index (χ0) is 30.5. The summed E-state index contributed by atoms with van der Waals surface area (Å²) in [6, 6.07) is 21.7. The molecule has 214 valence electrons. The van der Waals surface area contributed by atoms with Crippen molar-refractivity contribution in [2.75, 3.05) is 0 Å². The quantitative estimate of drug-likeness (QED) is 0.103. The zero-order valence-corrected chi connectivity index (χ0v) is 29.7. The SMILES string of the molecule is CC(C)(C#N)c1ccc(-n2c(=O)n(COP(=O)([O-])[O-])c(=O)c3cnc4ccc(-c5cnc6ccccc6c5)nc4c32)cc1.[Na+].[Na+]. The van der Waals surface area contributed by atoms with Gasteiger partial charge in [0, 0.05) is 23.3 Å². The molecule has 0 spiro atoms. The molecule has 0 N–H and O–H groups in total. The molecule has 0 radical (unpaired) electrons. The van der Waals surface area contributed by atoms with Crippen LogP contribution < -0.4 is 80.2 Å². The van der Waals surface area contributed by atoms with Gasteiger partial charge >= 0.3 is 64.8 Å². The van der Waals surface area contributed by atoms with Crippen molar-refractivity contribution < 1.29 is 78.0 Å². The molecule has 0 fully saturated rings. The number of fused-ring (bicyclic) bond motifs is 4. The van der Waals surface area contributed by atoms with Crippen molar-refractivity contribution in [1.82, 2.24) is 24.1 Å². The van der Waals surface area contributed by atoms with Gasteiger partial charge < -0.3 is 18.9 Å². The number of hydrogen-bond donors (Lipinski definition) is 0. The Morgan fingerprint density at radius 3 is 2.33 bits per heavy atom. The maximum Gasteiger partial charge on any atom is 1.00 e. The standard InChI is InChI=1S/C30H23N6O6P.2Na/c1-30(2,16-31)20-7-9-21(10-8-20)36-27-22(28(37)35(29(36)38)17-42-43(39,40)41)15-33-25-12-11-24(34-26(25)27)19-13-18-5-3-4-6-23(18)32-14-19;;/h3-15H,17H2,1-2H3,(H2,39,40,41);;/q;2*+1/p-2. The first kappa shape index (κ1) is 34.8. The average molecular weight is 638 g/mol.